The minimum absolute atomic E-state index is 0.186. The minimum Gasteiger partial charge on any atom is -0.480 e. The van der Waals surface area contributed by atoms with Crippen molar-refractivity contribution >= 4 is 11.9 Å². The van der Waals surface area contributed by atoms with Gasteiger partial charge in [-0.05, 0) is 19.1 Å². The number of ether oxygens (including phenoxy) is 1. The Bertz CT molecular complexity index is 501. The second-order valence-electron chi connectivity index (χ2n) is 3.71. The molecule has 0 saturated heterocycles. The molecule has 1 aromatic carbocycles. The van der Waals surface area contributed by atoms with E-state index in [-0.39, 0.29) is 12.3 Å². The third-order valence-electron chi connectivity index (χ3n) is 2.28. The maximum Gasteiger partial charge on any atom is 0.342 e. The fraction of sp³-hybridized carbons (Fsp3) is 0.231. The first-order chi connectivity index (χ1) is 8.97. The second-order valence-corrected chi connectivity index (χ2v) is 3.71. The van der Waals surface area contributed by atoms with Gasteiger partial charge < -0.3 is 15.2 Å². The SMILES string of the molecule is C=CCNC(=O)C(C)Oc1cccc(F)c1C(=O)O. The molecule has 1 unspecified atom stereocenters. The van der Waals surface area contributed by atoms with Crippen molar-refractivity contribution in [3.63, 3.8) is 0 Å². The summed E-state index contributed by atoms with van der Waals surface area (Å²) in [6.07, 6.45) is 0.551. The zero-order chi connectivity index (χ0) is 14.4. The minimum atomic E-state index is -1.45. The number of carbonyl (C=O) groups is 2. The quantitative estimate of drug-likeness (QED) is 0.767. The first kappa shape index (κ1) is 14.7. The molecular formula is C13H14FNO4. The molecule has 19 heavy (non-hydrogen) atoms. The molecule has 0 radical (unpaired) electrons. The average molecular weight is 267 g/mol. The molecule has 1 rings (SSSR count). The summed E-state index contributed by atoms with van der Waals surface area (Å²) >= 11 is 0. The van der Waals surface area contributed by atoms with E-state index in [9.17, 15) is 14.0 Å². The van der Waals surface area contributed by atoms with Crippen molar-refractivity contribution < 1.29 is 23.8 Å². The fourth-order valence-corrected chi connectivity index (χ4v) is 1.37. The van der Waals surface area contributed by atoms with Crippen LogP contribution in [0.1, 0.15) is 17.3 Å². The molecule has 0 aliphatic rings. The Balaban J connectivity index is 2.87. The summed E-state index contributed by atoms with van der Waals surface area (Å²) in [6.45, 7) is 5.15. The molecule has 1 aromatic rings. The van der Waals surface area contributed by atoms with Gasteiger partial charge >= 0.3 is 5.97 Å². The summed E-state index contributed by atoms with van der Waals surface area (Å²) in [5.41, 5.74) is -0.592. The highest BCUT2D eigenvalue weighted by Gasteiger charge is 2.21. The molecule has 0 aromatic heterocycles. The van der Waals surface area contributed by atoms with Crippen molar-refractivity contribution in [2.45, 2.75) is 13.0 Å². The Morgan fingerprint density at radius 2 is 2.26 bits per heavy atom. The molecule has 1 amide bonds. The molecule has 0 saturated carbocycles. The lowest BCUT2D eigenvalue weighted by Gasteiger charge is -2.15. The van der Waals surface area contributed by atoms with E-state index in [2.05, 4.69) is 11.9 Å². The Kier molecular flexibility index (Phi) is 5.05. The van der Waals surface area contributed by atoms with Gasteiger partial charge in [-0.2, -0.15) is 0 Å². The van der Waals surface area contributed by atoms with Crippen LogP contribution in [0.3, 0.4) is 0 Å². The summed E-state index contributed by atoms with van der Waals surface area (Å²) in [6, 6.07) is 3.62. The van der Waals surface area contributed by atoms with E-state index in [1.165, 1.54) is 25.1 Å². The molecule has 0 fully saturated rings. The number of hydrogen-bond donors (Lipinski definition) is 2. The van der Waals surface area contributed by atoms with Crippen LogP contribution < -0.4 is 10.1 Å². The highest BCUT2D eigenvalue weighted by atomic mass is 19.1. The topological polar surface area (TPSA) is 75.6 Å². The molecule has 0 heterocycles. The van der Waals surface area contributed by atoms with E-state index in [0.29, 0.717) is 0 Å². The van der Waals surface area contributed by atoms with Crippen LogP contribution in [-0.4, -0.2) is 29.6 Å². The largest absolute Gasteiger partial charge is 0.480 e. The summed E-state index contributed by atoms with van der Waals surface area (Å²) in [5.74, 6) is -3.00. The number of rotatable bonds is 6. The number of amides is 1. The molecule has 2 N–H and O–H groups in total. The van der Waals surface area contributed by atoms with E-state index in [1.807, 2.05) is 0 Å². The number of halogens is 1. The van der Waals surface area contributed by atoms with Crippen LogP contribution in [0.2, 0.25) is 0 Å². The smallest absolute Gasteiger partial charge is 0.342 e. The van der Waals surface area contributed by atoms with Gasteiger partial charge in [0, 0.05) is 6.54 Å². The number of carbonyl (C=O) groups excluding carboxylic acids is 1. The predicted molar refractivity (Wildman–Crippen MR) is 66.7 cm³/mol. The van der Waals surface area contributed by atoms with Crippen molar-refractivity contribution in [1.82, 2.24) is 5.32 Å². The molecule has 0 spiro atoms. The summed E-state index contributed by atoms with van der Waals surface area (Å²) in [4.78, 5) is 22.5. The molecule has 0 aliphatic carbocycles. The Morgan fingerprint density at radius 1 is 1.58 bits per heavy atom. The average Bonchev–Trinajstić information content (AvgIpc) is 2.35. The fourth-order valence-electron chi connectivity index (χ4n) is 1.37. The van der Waals surface area contributed by atoms with Gasteiger partial charge in [-0.3, -0.25) is 4.79 Å². The first-order valence-corrected chi connectivity index (χ1v) is 5.54. The van der Waals surface area contributed by atoms with E-state index < -0.39 is 29.4 Å². The van der Waals surface area contributed by atoms with Gasteiger partial charge in [0.2, 0.25) is 0 Å². The standard InChI is InChI=1S/C13H14FNO4/c1-3-7-15-12(16)8(2)19-10-6-4-5-9(14)11(10)13(17)18/h3-6,8H,1,7H2,2H3,(H,15,16)(H,17,18). The number of benzene rings is 1. The van der Waals surface area contributed by atoms with E-state index in [0.717, 1.165) is 6.07 Å². The van der Waals surface area contributed by atoms with Gasteiger partial charge in [0.15, 0.2) is 6.10 Å². The van der Waals surface area contributed by atoms with Gasteiger partial charge in [-0.15, -0.1) is 6.58 Å². The third-order valence-corrected chi connectivity index (χ3v) is 2.28. The zero-order valence-corrected chi connectivity index (χ0v) is 10.4. The van der Waals surface area contributed by atoms with Crippen molar-refractivity contribution in [2.24, 2.45) is 0 Å². The van der Waals surface area contributed by atoms with Gasteiger partial charge in [0.05, 0.1) is 0 Å². The van der Waals surface area contributed by atoms with Crippen molar-refractivity contribution in [3.05, 3.63) is 42.2 Å². The highest BCUT2D eigenvalue weighted by molar-refractivity contribution is 5.91. The van der Waals surface area contributed by atoms with E-state index in [4.69, 9.17) is 9.84 Å². The number of aromatic carboxylic acids is 1. The monoisotopic (exact) mass is 267 g/mol. The maximum atomic E-state index is 13.4. The number of hydrogen-bond acceptors (Lipinski definition) is 3. The van der Waals surface area contributed by atoms with Crippen molar-refractivity contribution in [2.75, 3.05) is 6.54 Å². The summed E-state index contributed by atoms with van der Waals surface area (Å²) < 4.78 is 18.6. The van der Waals surface area contributed by atoms with Crippen LogP contribution in [0.15, 0.2) is 30.9 Å². The molecule has 6 heteroatoms. The van der Waals surface area contributed by atoms with Gasteiger partial charge in [-0.1, -0.05) is 12.1 Å². The van der Waals surface area contributed by atoms with Crippen molar-refractivity contribution in [3.8, 4) is 5.75 Å². The van der Waals surface area contributed by atoms with Gasteiger partial charge in [0.1, 0.15) is 17.1 Å². The third kappa shape index (κ3) is 3.80. The normalized spacial score (nSPS) is 11.5. The van der Waals surface area contributed by atoms with Crippen molar-refractivity contribution in [1.29, 1.82) is 0 Å². The van der Waals surface area contributed by atoms with E-state index >= 15 is 0 Å². The van der Waals surface area contributed by atoms with Crippen LogP contribution in [0, 0.1) is 5.82 Å². The first-order valence-electron chi connectivity index (χ1n) is 5.54. The van der Waals surface area contributed by atoms with Crippen LogP contribution in [0.25, 0.3) is 0 Å². The van der Waals surface area contributed by atoms with Crippen LogP contribution in [0.4, 0.5) is 4.39 Å². The van der Waals surface area contributed by atoms with Gasteiger partial charge in [-0.25, -0.2) is 9.18 Å². The van der Waals surface area contributed by atoms with Crippen LogP contribution in [-0.2, 0) is 4.79 Å². The lowest BCUT2D eigenvalue weighted by Crippen LogP contribution is -2.36. The Hall–Kier alpha value is -2.37. The molecule has 5 nitrogen and oxygen atoms in total. The highest BCUT2D eigenvalue weighted by Crippen LogP contribution is 2.22. The number of carboxylic acid groups (broad SMARTS) is 1. The molecule has 1 atom stereocenters. The molecule has 102 valence electrons. The summed E-state index contributed by atoms with van der Waals surface area (Å²) in [7, 11) is 0. The molecule has 0 aliphatic heterocycles. The Labute approximate surface area is 109 Å². The van der Waals surface area contributed by atoms with Crippen LogP contribution >= 0.6 is 0 Å². The number of nitrogens with one attached hydrogen (secondary N) is 1. The summed E-state index contributed by atoms with van der Waals surface area (Å²) in [5, 5.41) is 11.4. The lowest BCUT2D eigenvalue weighted by atomic mass is 10.2. The second kappa shape index (κ2) is 6.53. The van der Waals surface area contributed by atoms with Crippen LogP contribution in [0.5, 0.6) is 5.75 Å². The number of carboxylic acids is 1. The predicted octanol–water partition coefficient (Wildman–Crippen LogP) is 1.59. The van der Waals surface area contributed by atoms with Gasteiger partial charge in [0.25, 0.3) is 5.91 Å². The molecular weight excluding hydrogens is 253 g/mol. The molecule has 0 bridgehead atoms. The zero-order valence-electron chi connectivity index (χ0n) is 10.4. The lowest BCUT2D eigenvalue weighted by molar-refractivity contribution is -0.127. The van der Waals surface area contributed by atoms with E-state index in [1.54, 1.807) is 0 Å². The Morgan fingerprint density at radius 3 is 2.84 bits per heavy atom. The maximum absolute atomic E-state index is 13.4.